The van der Waals surface area contributed by atoms with Crippen LogP contribution in [0.5, 0.6) is 0 Å². The van der Waals surface area contributed by atoms with Crippen molar-refractivity contribution in [1.29, 1.82) is 0 Å². The van der Waals surface area contributed by atoms with Crippen LogP contribution in [0.3, 0.4) is 0 Å². The van der Waals surface area contributed by atoms with Gasteiger partial charge in [0.25, 0.3) is 0 Å². The highest BCUT2D eigenvalue weighted by atomic mass is 16.4. The van der Waals surface area contributed by atoms with Crippen LogP contribution in [0, 0.1) is 0 Å². The highest BCUT2D eigenvalue weighted by Gasteiger charge is 2.32. The van der Waals surface area contributed by atoms with Gasteiger partial charge in [-0.3, -0.25) is 47.9 Å². The fraction of sp³-hybridized carbons (Fsp3) is 0.500. The maximum Gasteiger partial charge on any atom is 0.326 e. The van der Waals surface area contributed by atoms with Crippen LogP contribution in [0.1, 0.15) is 32.1 Å². The monoisotopic (exact) mass is 645 g/mol. The third-order valence-corrected chi connectivity index (χ3v) is 5.33. The van der Waals surface area contributed by atoms with E-state index in [9.17, 15) is 52.7 Å². The largest absolute Gasteiger partial charge is 0.480 e. The first kappa shape index (κ1) is 39.1. The lowest BCUT2D eigenvalue weighted by Gasteiger charge is -2.23. The third-order valence-electron chi connectivity index (χ3n) is 5.33. The van der Waals surface area contributed by atoms with Gasteiger partial charge in [0.2, 0.25) is 59.1 Å². The van der Waals surface area contributed by atoms with Crippen molar-refractivity contribution < 1.29 is 57.8 Å². The molecule has 18 N–H and O–H groups in total. The first-order valence-electron chi connectivity index (χ1n) is 12.6. The van der Waals surface area contributed by atoms with E-state index < -0.39 is 134 Å². The molecule has 250 valence electrons. The van der Waals surface area contributed by atoms with Crippen molar-refractivity contribution in [3.8, 4) is 0 Å². The van der Waals surface area contributed by atoms with Crippen LogP contribution >= 0.6 is 0 Å². The molecule has 0 saturated carbocycles. The summed E-state index contributed by atoms with van der Waals surface area (Å²) in [5.41, 5.74) is 30.6. The lowest BCUT2D eigenvalue weighted by molar-refractivity contribution is -0.143. The number of carbonyl (C=O) groups excluding carboxylic acids is 10. The first-order valence-corrected chi connectivity index (χ1v) is 12.6. The van der Waals surface area contributed by atoms with Crippen LogP contribution in [-0.2, 0) is 52.7 Å². The molecule has 0 bridgehead atoms. The number of primary amides is 5. The van der Waals surface area contributed by atoms with Crippen LogP contribution in [0.15, 0.2) is 0 Å². The van der Waals surface area contributed by atoms with Gasteiger partial charge in [-0.1, -0.05) is 0 Å². The van der Waals surface area contributed by atoms with Gasteiger partial charge >= 0.3 is 5.97 Å². The van der Waals surface area contributed by atoms with E-state index in [1.807, 2.05) is 26.6 Å². The summed E-state index contributed by atoms with van der Waals surface area (Å²) >= 11 is 0. The molecule has 45 heavy (non-hydrogen) atoms. The highest BCUT2D eigenvalue weighted by molar-refractivity contribution is 5.99. The zero-order chi connectivity index (χ0) is 35.0. The molecule has 0 aliphatic carbocycles. The molecule has 0 aromatic rings. The Balaban J connectivity index is 5.61. The second-order valence-corrected chi connectivity index (χ2v) is 9.32. The maximum absolute atomic E-state index is 12.8. The predicted molar refractivity (Wildman–Crippen MR) is 145 cm³/mol. The van der Waals surface area contributed by atoms with Crippen LogP contribution < -0.4 is 61.0 Å². The Hall–Kier alpha value is -5.87. The molecule has 0 unspecified atom stereocenters. The number of carbonyl (C=O) groups is 11. The number of nitrogens with two attached hydrogens (primary N) is 6. The molecule has 0 aromatic carbocycles. The predicted octanol–water partition coefficient (Wildman–Crippen LogP) is -9.17. The number of rotatable bonds is 21. The molecule has 0 radical (unpaired) electrons. The Labute approximate surface area is 253 Å². The normalized spacial score (nSPS) is 13.7. The minimum absolute atomic E-state index is 0.624. The molecular formula is C22H35N11O12. The van der Waals surface area contributed by atoms with E-state index >= 15 is 0 Å². The summed E-state index contributed by atoms with van der Waals surface area (Å²) in [4.78, 5) is 130. The van der Waals surface area contributed by atoms with E-state index in [0.717, 1.165) is 0 Å². The van der Waals surface area contributed by atoms with Gasteiger partial charge in [0.1, 0.15) is 24.2 Å². The van der Waals surface area contributed by atoms with E-state index in [-0.39, 0.29) is 0 Å². The van der Waals surface area contributed by atoms with E-state index in [2.05, 4.69) is 0 Å². The number of nitrogens with one attached hydrogen (secondary N) is 5. The second kappa shape index (κ2) is 18.6. The van der Waals surface area contributed by atoms with Crippen LogP contribution in [-0.4, -0.2) is 107 Å². The van der Waals surface area contributed by atoms with Gasteiger partial charge in [0.05, 0.1) is 44.7 Å². The van der Waals surface area contributed by atoms with Crippen molar-refractivity contribution >= 4 is 65.0 Å². The quantitative estimate of drug-likeness (QED) is 0.0552. The molecule has 0 saturated heterocycles. The van der Waals surface area contributed by atoms with Gasteiger partial charge in [-0.2, -0.15) is 0 Å². The average Bonchev–Trinajstić information content (AvgIpc) is 2.88. The summed E-state index contributed by atoms with van der Waals surface area (Å²) in [5.74, 6) is -13.0. The van der Waals surface area contributed by atoms with Crippen molar-refractivity contribution in [3.05, 3.63) is 0 Å². The standard InChI is InChI=1S/C22H35N11O12/c23-7(1-12(24)34)18(40)31-10(4-15(27)37)21(43)32-8(2-13(25)35)19(41)29-6-17(39)30-9(3-14(26)36)20(42)33-11(22(44)45)5-16(28)38/h7-11H,1-6,23H2,(H2,24,34)(H2,25,35)(H2,26,36)(H2,27,37)(H2,28,38)(H,29,41)(H,30,39)(H,31,40)(H,32,43)(H,33,42)(H,44,45)/t7-,8-,9-,10-,11-/m0/s1. The Kier molecular flexibility index (Phi) is 16.2. The van der Waals surface area contributed by atoms with Gasteiger partial charge in [-0.25, -0.2) is 4.79 Å². The number of carboxylic acid groups (broad SMARTS) is 1. The Morgan fingerprint density at radius 3 is 1.20 bits per heavy atom. The molecule has 0 rings (SSSR count). The van der Waals surface area contributed by atoms with Gasteiger partial charge in [0, 0.05) is 0 Å². The fourth-order valence-corrected chi connectivity index (χ4v) is 3.30. The first-order chi connectivity index (χ1) is 20.7. The Bertz CT molecular complexity index is 1220. The minimum Gasteiger partial charge on any atom is -0.480 e. The fourth-order valence-electron chi connectivity index (χ4n) is 3.30. The molecule has 5 atom stereocenters. The smallest absolute Gasteiger partial charge is 0.326 e. The van der Waals surface area contributed by atoms with Crippen molar-refractivity contribution in [1.82, 2.24) is 26.6 Å². The van der Waals surface area contributed by atoms with Gasteiger partial charge < -0.3 is 66.1 Å². The van der Waals surface area contributed by atoms with Gasteiger partial charge in [-0.05, 0) is 0 Å². The molecular weight excluding hydrogens is 610 g/mol. The van der Waals surface area contributed by atoms with E-state index in [1.165, 1.54) is 0 Å². The molecule has 0 aliphatic rings. The number of carboxylic acids is 1. The lowest BCUT2D eigenvalue weighted by Crippen LogP contribution is -2.58. The molecule has 0 spiro atoms. The number of amides is 10. The number of aliphatic carboxylic acids is 1. The van der Waals surface area contributed by atoms with Crippen molar-refractivity contribution in [3.63, 3.8) is 0 Å². The van der Waals surface area contributed by atoms with Crippen molar-refractivity contribution in [2.45, 2.75) is 62.3 Å². The molecule has 0 fully saturated rings. The number of hydrogen-bond acceptors (Lipinski definition) is 12. The Morgan fingerprint density at radius 2 is 0.800 bits per heavy atom. The van der Waals surface area contributed by atoms with E-state index in [4.69, 9.17) is 39.5 Å². The summed E-state index contributed by atoms with van der Waals surface area (Å²) < 4.78 is 0. The number of hydrogen-bond donors (Lipinski definition) is 12. The summed E-state index contributed by atoms with van der Waals surface area (Å²) in [6, 6.07) is -8.67. The maximum atomic E-state index is 12.8. The SMILES string of the molecule is NC(=O)C[C@H](NC(=O)[C@H](CC(N)=O)NC(=O)CNC(=O)[C@H](CC(N)=O)NC(=O)[C@H](CC(N)=O)NC(=O)[C@@H](N)CC(N)=O)C(=O)O. The summed E-state index contributed by atoms with van der Waals surface area (Å²) in [6.07, 6.45) is -3.97. The zero-order valence-electron chi connectivity index (χ0n) is 23.5. The van der Waals surface area contributed by atoms with E-state index in [0.29, 0.717) is 0 Å². The van der Waals surface area contributed by atoms with Gasteiger partial charge in [-0.15, -0.1) is 0 Å². The molecule has 23 heteroatoms. The van der Waals surface area contributed by atoms with Crippen LogP contribution in [0.2, 0.25) is 0 Å². The van der Waals surface area contributed by atoms with Crippen LogP contribution in [0.4, 0.5) is 0 Å². The minimum atomic E-state index is -1.82. The van der Waals surface area contributed by atoms with E-state index in [1.54, 1.807) is 0 Å². The summed E-state index contributed by atoms with van der Waals surface area (Å²) in [7, 11) is 0. The zero-order valence-corrected chi connectivity index (χ0v) is 23.5. The molecule has 0 heterocycles. The van der Waals surface area contributed by atoms with Crippen molar-refractivity contribution in [2.24, 2.45) is 34.4 Å². The second-order valence-electron chi connectivity index (χ2n) is 9.32. The molecule has 10 amide bonds. The molecule has 0 aliphatic heterocycles. The average molecular weight is 646 g/mol. The topological polar surface area (TPSA) is 424 Å². The van der Waals surface area contributed by atoms with Crippen LogP contribution in [0.25, 0.3) is 0 Å². The highest BCUT2D eigenvalue weighted by Crippen LogP contribution is 2.01. The summed E-state index contributed by atoms with van der Waals surface area (Å²) in [6.45, 7) is -0.959. The Morgan fingerprint density at radius 1 is 0.467 bits per heavy atom. The lowest BCUT2D eigenvalue weighted by atomic mass is 10.1. The van der Waals surface area contributed by atoms with Crippen molar-refractivity contribution in [2.75, 3.05) is 6.54 Å². The van der Waals surface area contributed by atoms with Gasteiger partial charge in [0.15, 0.2) is 0 Å². The summed E-state index contributed by atoms with van der Waals surface area (Å²) in [5, 5.41) is 19.1. The molecule has 23 nitrogen and oxygen atoms in total. The molecule has 0 aromatic heterocycles. The third kappa shape index (κ3) is 16.4.